The van der Waals surface area contributed by atoms with E-state index in [1.54, 1.807) is 34.4 Å². The van der Waals surface area contributed by atoms with E-state index in [-0.39, 0.29) is 5.82 Å². The van der Waals surface area contributed by atoms with E-state index < -0.39 is 0 Å². The third-order valence-corrected chi connectivity index (χ3v) is 3.76. The van der Waals surface area contributed by atoms with Gasteiger partial charge in [0.05, 0.1) is 21.3 Å². The largest absolute Gasteiger partial charge is 0.493 e. The van der Waals surface area contributed by atoms with E-state index in [1.165, 1.54) is 12.1 Å². The fourth-order valence-electron chi connectivity index (χ4n) is 2.48. The van der Waals surface area contributed by atoms with Gasteiger partial charge in [-0.25, -0.2) is 4.39 Å². The topological polar surface area (TPSA) is 64.1 Å². The Kier molecular flexibility index (Phi) is 7.08. The van der Waals surface area contributed by atoms with E-state index in [2.05, 4.69) is 15.6 Å². The first-order valence-corrected chi connectivity index (χ1v) is 8.09. The van der Waals surface area contributed by atoms with E-state index in [0.717, 1.165) is 11.1 Å². The van der Waals surface area contributed by atoms with Crippen LogP contribution in [0.3, 0.4) is 0 Å². The van der Waals surface area contributed by atoms with Gasteiger partial charge in [0.15, 0.2) is 17.5 Å². The van der Waals surface area contributed by atoms with Crippen LogP contribution < -0.4 is 24.8 Å². The van der Waals surface area contributed by atoms with Crippen LogP contribution in [0.4, 0.5) is 4.39 Å². The lowest BCUT2D eigenvalue weighted by Gasteiger charge is -2.16. The minimum Gasteiger partial charge on any atom is -0.493 e. The van der Waals surface area contributed by atoms with Crippen LogP contribution in [0.2, 0.25) is 0 Å². The SMILES string of the molecule is CN=C(NCc1cccc(F)c1)NCc1cc(OC)c(OC)c(OC)c1. The van der Waals surface area contributed by atoms with Crippen molar-refractivity contribution in [1.82, 2.24) is 10.6 Å². The minimum absolute atomic E-state index is 0.260. The predicted molar refractivity (Wildman–Crippen MR) is 99.5 cm³/mol. The molecule has 0 saturated heterocycles. The Labute approximate surface area is 153 Å². The Hall–Kier alpha value is -2.96. The first kappa shape index (κ1) is 19.4. The van der Waals surface area contributed by atoms with Gasteiger partial charge in [0.25, 0.3) is 0 Å². The third-order valence-electron chi connectivity index (χ3n) is 3.76. The molecule has 140 valence electrons. The van der Waals surface area contributed by atoms with Crippen molar-refractivity contribution < 1.29 is 18.6 Å². The molecule has 26 heavy (non-hydrogen) atoms. The van der Waals surface area contributed by atoms with Gasteiger partial charge in [-0.2, -0.15) is 0 Å². The minimum atomic E-state index is -0.260. The molecule has 0 amide bonds. The van der Waals surface area contributed by atoms with Crippen molar-refractivity contribution in [3.63, 3.8) is 0 Å². The third kappa shape index (κ3) is 5.02. The number of nitrogens with zero attached hydrogens (tertiary/aromatic N) is 1. The molecule has 0 aromatic heterocycles. The molecule has 0 spiro atoms. The van der Waals surface area contributed by atoms with Crippen molar-refractivity contribution in [1.29, 1.82) is 0 Å². The van der Waals surface area contributed by atoms with Crippen molar-refractivity contribution >= 4 is 5.96 Å². The van der Waals surface area contributed by atoms with Crippen molar-refractivity contribution in [2.45, 2.75) is 13.1 Å². The van der Waals surface area contributed by atoms with Crippen molar-refractivity contribution in [2.24, 2.45) is 4.99 Å². The average Bonchev–Trinajstić information content (AvgIpc) is 2.67. The summed E-state index contributed by atoms with van der Waals surface area (Å²) in [4.78, 5) is 4.17. The van der Waals surface area contributed by atoms with E-state index in [4.69, 9.17) is 14.2 Å². The zero-order valence-corrected chi connectivity index (χ0v) is 15.4. The molecule has 0 unspecified atom stereocenters. The fourth-order valence-corrected chi connectivity index (χ4v) is 2.48. The van der Waals surface area contributed by atoms with Gasteiger partial charge >= 0.3 is 0 Å². The summed E-state index contributed by atoms with van der Waals surface area (Å²) in [5, 5.41) is 6.35. The lowest BCUT2D eigenvalue weighted by molar-refractivity contribution is 0.323. The molecule has 2 aromatic carbocycles. The number of hydrogen-bond acceptors (Lipinski definition) is 4. The molecule has 2 rings (SSSR count). The van der Waals surface area contributed by atoms with Gasteiger partial charge < -0.3 is 24.8 Å². The lowest BCUT2D eigenvalue weighted by Crippen LogP contribution is -2.36. The van der Waals surface area contributed by atoms with Crippen LogP contribution in [-0.2, 0) is 13.1 Å². The van der Waals surface area contributed by atoms with Gasteiger partial charge in [0, 0.05) is 20.1 Å². The average molecular weight is 361 g/mol. The molecule has 0 radical (unpaired) electrons. The Morgan fingerprint density at radius 1 is 0.923 bits per heavy atom. The number of benzene rings is 2. The van der Waals surface area contributed by atoms with E-state index in [0.29, 0.717) is 36.3 Å². The van der Waals surface area contributed by atoms with E-state index >= 15 is 0 Å². The van der Waals surface area contributed by atoms with Crippen LogP contribution in [0.15, 0.2) is 41.4 Å². The summed E-state index contributed by atoms with van der Waals surface area (Å²) >= 11 is 0. The summed E-state index contributed by atoms with van der Waals surface area (Å²) in [6, 6.07) is 10.2. The highest BCUT2D eigenvalue weighted by atomic mass is 19.1. The molecule has 0 fully saturated rings. The Morgan fingerprint density at radius 3 is 2.04 bits per heavy atom. The van der Waals surface area contributed by atoms with E-state index in [9.17, 15) is 4.39 Å². The molecule has 0 saturated carbocycles. The number of rotatable bonds is 7. The van der Waals surface area contributed by atoms with Crippen LogP contribution in [0.25, 0.3) is 0 Å². The van der Waals surface area contributed by atoms with Crippen molar-refractivity contribution in [2.75, 3.05) is 28.4 Å². The molecule has 0 aliphatic rings. The van der Waals surface area contributed by atoms with Gasteiger partial charge in [0.1, 0.15) is 5.82 Å². The Bertz CT molecular complexity index is 740. The smallest absolute Gasteiger partial charge is 0.203 e. The van der Waals surface area contributed by atoms with Gasteiger partial charge in [-0.1, -0.05) is 12.1 Å². The highest BCUT2D eigenvalue weighted by molar-refractivity contribution is 5.79. The zero-order valence-electron chi connectivity index (χ0n) is 15.4. The van der Waals surface area contributed by atoms with E-state index in [1.807, 2.05) is 18.2 Å². The van der Waals surface area contributed by atoms with Crippen LogP contribution >= 0.6 is 0 Å². The maximum Gasteiger partial charge on any atom is 0.203 e. The Balaban J connectivity index is 2.01. The fraction of sp³-hybridized carbons (Fsp3) is 0.316. The molecule has 2 N–H and O–H groups in total. The summed E-state index contributed by atoms with van der Waals surface area (Å²) < 4.78 is 29.3. The monoisotopic (exact) mass is 361 g/mol. The van der Waals surface area contributed by atoms with Crippen LogP contribution in [0.1, 0.15) is 11.1 Å². The first-order valence-electron chi connectivity index (χ1n) is 8.09. The highest BCUT2D eigenvalue weighted by Crippen LogP contribution is 2.38. The number of hydrogen-bond donors (Lipinski definition) is 2. The molecule has 0 heterocycles. The second kappa shape index (κ2) is 9.50. The first-order chi connectivity index (χ1) is 12.6. The second-order valence-corrected chi connectivity index (χ2v) is 5.44. The van der Waals surface area contributed by atoms with Gasteiger partial charge in [-0.3, -0.25) is 4.99 Å². The summed E-state index contributed by atoms with van der Waals surface area (Å²) in [6.45, 7) is 0.965. The Morgan fingerprint density at radius 2 is 1.54 bits per heavy atom. The predicted octanol–water partition coefficient (Wildman–Crippen LogP) is 2.72. The number of methoxy groups -OCH3 is 3. The summed E-state index contributed by atoms with van der Waals surface area (Å²) in [6.07, 6.45) is 0. The number of ether oxygens (including phenoxy) is 3. The second-order valence-electron chi connectivity index (χ2n) is 5.44. The van der Waals surface area contributed by atoms with Gasteiger partial charge in [-0.15, -0.1) is 0 Å². The molecule has 0 bridgehead atoms. The summed E-state index contributed by atoms with van der Waals surface area (Å²) in [5.74, 6) is 2.07. The van der Waals surface area contributed by atoms with Crippen LogP contribution in [0.5, 0.6) is 17.2 Å². The molecule has 0 aliphatic carbocycles. The molecule has 7 heteroatoms. The zero-order chi connectivity index (χ0) is 18.9. The number of halogens is 1. The number of guanidine groups is 1. The summed E-state index contributed by atoms with van der Waals surface area (Å²) in [7, 11) is 6.40. The normalized spacial score (nSPS) is 11.0. The molecule has 6 nitrogen and oxygen atoms in total. The van der Waals surface area contributed by atoms with Crippen LogP contribution in [-0.4, -0.2) is 34.3 Å². The van der Waals surface area contributed by atoms with Crippen molar-refractivity contribution in [3.8, 4) is 17.2 Å². The lowest BCUT2D eigenvalue weighted by atomic mass is 10.2. The molecular formula is C19H24FN3O3. The maximum atomic E-state index is 13.2. The molecule has 2 aromatic rings. The quantitative estimate of drug-likeness (QED) is 0.586. The number of nitrogens with one attached hydrogen (secondary N) is 2. The van der Waals surface area contributed by atoms with Crippen LogP contribution in [0, 0.1) is 5.82 Å². The number of aliphatic imine (C=N–C) groups is 1. The molecular weight excluding hydrogens is 337 g/mol. The maximum absolute atomic E-state index is 13.2. The standard InChI is InChI=1S/C19H24FN3O3/c1-21-19(22-11-13-6-5-7-15(20)8-13)23-12-14-9-16(24-2)18(26-4)17(10-14)25-3/h5-10H,11-12H2,1-4H3,(H2,21,22,23). The van der Waals surface area contributed by atoms with Crippen molar-refractivity contribution in [3.05, 3.63) is 53.3 Å². The van der Waals surface area contributed by atoms with Gasteiger partial charge in [-0.05, 0) is 35.4 Å². The summed E-state index contributed by atoms with van der Waals surface area (Å²) in [5.41, 5.74) is 1.77. The molecule has 0 aliphatic heterocycles. The highest BCUT2D eigenvalue weighted by Gasteiger charge is 2.13. The molecule has 0 atom stereocenters. The van der Waals surface area contributed by atoms with Gasteiger partial charge in [0.2, 0.25) is 5.75 Å².